The molecule has 5 heteroatoms. The van der Waals surface area contributed by atoms with Gasteiger partial charge in [0.1, 0.15) is 0 Å². The lowest BCUT2D eigenvalue weighted by molar-refractivity contribution is -0.890. The molecule has 0 aliphatic carbocycles. The van der Waals surface area contributed by atoms with Gasteiger partial charge in [-0.25, -0.2) is 0 Å². The van der Waals surface area contributed by atoms with Crippen molar-refractivity contribution in [2.45, 2.75) is 129 Å². The minimum absolute atomic E-state index is 0.228. The van der Waals surface area contributed by atoms with Crippen LogP contribution in [0.4, 0.5) is 0 Å². The summed E-state index contributed by atoms with van der Waals surface area (Å²) >= 11 is 1.45. The second-order valence-electron chi connectivity index (χ2n) is 10.5. The molecule has 0 aliphatic heterocycles. The van der Waals surface area contributed by atoms with Crippen molar-refractivity contribution in [3.63, 3.8) is 0 Å². The molecule has 0 aliphatic rings. The number of unbranched alkanes of at least 4 members (excludes halogenated alkanes) is 14. The van der Waals surface area contributed by atoms with E-state index in [-0.39, 0.29) is 11.0 Å². The number of hydrogen-bond donors (Lipinski definition) is 1. The Labute approximate surface area is 211 Å². The summed E-state index contributed by atoms with van der Waals surface area (Å²) in [6.45, 7) is 7.13. The Balaban J connectivity index is 3.43. The molecule has 0 saturated heterocycles. The van der Waals surface area contributed by atoms with Crippen molar-refractivity contribution in [2.24, 2.45) is 0 Å². The average Bonchev–Trinajstić information content (AvgIpc) is 2.76. The fourth-order valence-electron chi connectivity index (χ4n) is 4.27. The van der Waals surface area contributed by atoms with Crippen molar-refractivity contribution in [3.05, 3.63) is 0 Å². The first-order valence-corrected chi connectivity index (χ1v) is 15.1. The van der Waals surface area contributed by atoms with Gasteiger partial charge >= 0.3 is 0 Å². The molecule has 0 aromatic rings. The van der Waals surface area contributed by atoms with Gasteiger partial charge in [-0.2, -0.15) is 0 Å². The molecule has 1 amide bonds. The normalized spacial score (nSPS) is 11.6. The summed E-state index contributed by atoms with van der Waals surface area (Å²) < 4.78 is 1.07. The van der Waals surface area contributed by atoms with Crippen LogP contribution < -0.4 is 5.32 Å². The highest BCUT2D eigenvalue weighted by molar-refractivity contribution is 8.13. The molecule has 0 aromatic heterocycles. The predicted molar refractivity (Wildman–Crippen MR) is 147 cm³/mol. The molecule has 0 saturated carbocycles. The van der Waals surface area contributed by atoms with E-state index >= 15 is 0 Å². The maximum atomic E-state index is 12.0. The van der Waals surface area contributed by atoms with Gasteiger partial charge < -0.3 is 9.80 Å². The highest BCUT2D eigenvalue weighted by Gasteiger charge is 2.14. The Hall–Kier alpha value is -0.550. The SMILES string of the molecule is CCCCCCCCCC[N+](C)(C)CCCNC(=O)CCCCCCCCCCSC(C)=O. The largest absolute Gasteiger partial charge is 0.356 e. The lowest BCUT2D eigenvalue weighted by atomic mass is 10.1. The quantitative estimate of drug-likeness (QED) is 0.114. The first-order valence-electron chi connectivity index (χ1n) is 14.1. The number of rotatable bonds is 24. The Morgan fingerprint density at radius 3 is 1.73 bits per heavy atom. The van der Waals surface area contributed by atoms with Crippen LogP contribution in [-0.2, 0) is 9.59 Å². The maximum absolute atomic E-state index is 12.0. The summed E-state index contributed by atoms with van der Waals surface area (Å²) in [6, 6.07) is 0. The minimum atomic E-state index is 0.228. The monoisotopic (exact) mass is 485 g/mol. The predicted octanol–water partition coefficient (Wildman–Crippen LogP) is 7.50. The molecule has 0 bridgehead atoms. The van der Waals surface area contributed by atoms with Gasteiger partial charge in [0.25, 0.3) is 0 Å². The van der Waals surface area contributed by atoms with Crippen LogP contribution >= 0.6 is 11.8 Å². The lowest BCUT2D eigenvalue weighted by Gasteiger charge is -2.30. The Morgan fingerprint density at radius 2 is 1.15 bits per heavy atom. The molecule has 1 N–H and O–H groups in total. The molecule has 0 fully saturated rings. The van der Waals surface area contributed by atoms with Crippen molar-refractivity contribution in [1.29, 1.82) is 0 Å². The van der Waals surface area contributed by atoms with E-state index in [9.17, 15) is 9.59 Å². The van der Waals surface area contributed by atoms with Crippen LogP contribution in [-0.4, -0.2) is 55.0 Å². The zero-order valence-corrected chi connectivity index (χ0v) is 23.5. The molecule has 0 atom stereocenters. The Bertz CT molecular complexity index is 469. The summed E-state index contributed by atoms with van der Waals surface area (Å²) in [5.74, 6) is 1.20. The molecule has 4 nitrogen and oxygen atoms in total. The fraction of sp³-hybridized carbons (Fsp3) is 0.929. The van der Waals surface area contributed by atoms with Crippen LogP contribution in [0.5, 0.6) is 0 Å². The molecule has 0 radical (unpaired) electrons. The van der Waals surface area contributed by atoms with Crippen LogP contribution in [0.15, 0.2) is 0 Å². The van der Waals surface area contributed by atoms with Crippen LogP contribution in [0.2, 0.25) is 0 Å². The van der Waals surface area contributed by atoms with E-state index in [1.54, 1.807) is 6.92 Å². The van der Waals surface area contributed by atoms with Gasteiger partial charge in [0.15, 0.2) is 5.12 Å². The van der Waals surface area contributed by atoms with Crippen molar-refractivity contribution in [3.8, 4) is 0 Å². The summed E-state index contributed by atoms with van der Waals surface area (Å²) in [4.78, 5) is 22.9. The zero-order valence-electron chi connectivity index (χ0n) is 22.7. The number of carbonyl (C=O) groups excluding carboxylic acids is 2. The summed E-state index contributed by atoms with van der Waals surface area (Å²) in [5.41, 5.74) is 0. The van der Waals surface area contributed by atoms with Gasteiger partial charge in [-0.3, -0.25) is 9.59 Å². The zero-order chi connectivity index (χ0) is 24.6. The van der Waals surface area contributed by atoms with E-state index in [0.717, 1.165) is 49.0 Å². The summed E-state index contributed by atoms with van der Waals surface area (Å²) in [7, 11) is 4.66. The molecule has 0 unspecified atom stereocenters. The highest BCUT2D eigenvalue weighted by atomic mass is 32.2. The standard InChI is InChI=1S/C28H56N2O2S/c1-5-6-7-8-9-13-16-19-24-30(3,4)25-21-23-29-28(32)22-18-15-12-10-11-14-17-20-26-33-27(2)31/h5-26H2,1-4H3/p+1. The molecule has 0 heterocycles. The van der Waals surface area contributed by atoms with Crippen LogP contribution in [0, 0.1) is 0 Å². The number of amides is 1. The number of nitrogens with one attached hydrogen (secondary N) is 1. The third kappa shape index (κ3) is 25.9. The third-order valence-electron chi connectivity index (χ3n) is 6.48. The van der Waals surface area contributed by atoms with Crippen molar-refractivity contribution < 1.29 is 14.1 Å². The van der Waals surface area contributed by atoms with E-state index in [1.807, 2.05) is 0 Å². The van der Waals surface area contributed by atoms with Gasteiger partial charge in [-0.15, -0.1) is 0 Å². The van der Waals surface area contributed by atoms with Gasteiger partial charge in [0.05, 0.1) is 27.2 Å². The van der Waals surface area contributed by atoms with Gasteiger partial charge in [0.2, 0.25) is 5.91 Å². The number of carbonyl (C=O) groups is 2. The Morgan fingerprint density at radius 1 is 0.667 bits per heavy atom. The van der Waals surface area contributed by atoms with Crippen molar-refractivity contribution >= 4 is 22.8 Å². The van der Waals surface area contributed by atoms with E-state index < -0.39 is 0 Å². The summed E-state index contributed by atoms with van der Waals surface area (Å²) in [5, 5.41) is 3.35. The van der Waals surface area contributed by atoms with Crippen LogP contribution in [0.1, 0.15) is 129 Å². The molecular formula is C28H57N2O2S+. The second kappa shape index (κ2) is 23.2. The van der Waals surface area contributed by atoms with Crippen LogP contribution in [0.25, 0.3) is 0 Å². The average molecular weight is 486 g/mol. The first kappa shape index (κ1) is 32.5. The topological polar surface area (TPSA) is 46.2 Å². The number of thioether (sulfide) groups is 1. The molecule has 33 heavy (non-hydrogen) atoms. The Kier molecular flexibility index (Phi) is 22.8. The van der Waals surface area contributed by atoms with Crippen LogP contribution in [0.3, 0.4) is 0 Å². The molecule has 196 valence electrons. The first-order chi connectivity index (χ1) is 15.9. The molecular weight excluding hydrogens is 428 g/mol. The fourth-order valence-corrected chi connectivity index (χ4v) is 4.91. The van der Waals surface area contributed by atoms with Crippen molar-refractivity contribution in [1.82, 2.24) is 5.32 Å². The molecule has 0 rings (SSSR count). The second-order valence-corrected chi connectivity index (χ2v) is 11.8. The smallest absolute Gasteiger partial charge is 0.219 e. The maximum Gasteiger partial charge on any atom is 0.219 e. The summed E-state index contributed by atoms with van der Waals surface area (Å²) in [6.07, 6.45) is 22.4. The number of hydrogen-bond acceptors (Lipinski definition) is 3. The lowest BCUT2D eigenvalue weighted by Crippen LogP contribution is -2.42. The highest BCUT2D eigenvalue weighted by Crippen LogP contribution is 2.13. The molecule has 0 aromatic carbocycles. The third-order valence-corrected chi connectivity index (χ3v) is 7.38. The van der Waals surface area contributed by atoms with Gasteiger partial charge in [0, 0.05) is 32.1 Å². The number of nitrogens with zero attached hydrogens (tertiary/aromatic N) is 1. The van der Waals surface area contributed by atoms with E-state index in [2.05, 4.69) is 26.3 Å². The van der Waals surface area contributed by atoms with Gasteiger partial charge in [-0.1, -0.05) is 95.7 Å². The van der Waals surface area contributed by atoms with E-state index in [1.165, 1.54) is 102 Å². The van der Waals surface area contributed by atoms with Crippen molar-refractivity contribution in [2.75, 3.05) is 39.5 Å². The van der Waals surface area contributed by atoms with Gasteiger partial charge in [-0.05, 0) is 25.7 Å². The van der Waals surface area contributed by atoms with E-state index in [4.69, 9.17) is 0 Å². The number of quaternary nitrogens is 1. The van der Waals surface area contributed by atoms with E-state index in [0.29, 0.717) is 6.42 Å². The molecule has 0 spiro atoms. The minimum Gasteiger partial charge on any atom is -0.356 e.